The molecule has 0 amide bonds. The van der Waals surface area contributed by atoms with Crippen LogP contribution in [-0.4, -0.2) is 36.9 Å². The molecule has 0 spiro atoms. The number of hydrogen-bond acceptors (Lipinski definition) is 3. The van der Waals surface area contributed by atoms with Crippen LogP contribution in [0.5, 0.6) is 0 Å². The van der Waals surface area contributed by atoms with Gasteiger partial charge in [-0.1, -0.05) is 28.6 Å². The van der Waals surface area contributed by atoms with Crippen molar-refractivity contribution in [1.29, 1.82) is 0 Å². The van der Waals surface area contributed by atoms with Crippen molar-refractivity contribution in [2.45, 2.75) is 19.4 Å². The van der Waals surface area contributed by atoms with Gasteiger partial charge in [-0.15, -0.1) is 0 Å². The lowest BCUT2D eigenvalue weighted by Crippen LogP contribution is -2.42. The van der Waals surface area contributed by atoms with E-state index in [1.54, 1.807) is 6.08 Å². The molecule has 17 heavy (non-hydrogen) atoms. The Morgan fingerprint density at radius 3 is 2.88 bits per heavy atom. The molecule has 1 heterocycles. The monoisotopic (exact) mass is 299 g/mol. The van der Waals surface area contributed by atoms with Gasteiger partial charge in [0.2, 0.25) is 0 Å². The molecule has 0 radical (unpaired) electrons. The molecule has 0 aliphatic carbocycles. The Morgan fingerprint density at radius 2 is 2.29 bits per heavy atom. The van der Waals surface area contributed by atoms with Gasteiger partial charge in [-0.05, 0) is 26.1 Å². The summed E-state index contributed by atoms with van der Waals surface area (Å²) >= 11 is 3.35. The number of piperidine rings is 1. The van der Waals surface area contributed by atoms with Crippen LogP contribution < -0.4 is 0 Å². The lowest BCUT2D eigenvalue weighted by molar-refractivity contribution is -0.132. The number of hydrogen-bond donors (Lipinski definition) is 0. The topological polar surface area (TPSA) is 29.5 Å². The van der Waals surface area contributed by atoms with Crippen LogP contribution in [0.25, 0.3) is 0 Å². The highest BCUT2D eigenvalue weighted by Crippen LogP contribution is 2.14. The van der Waals surface area contributed by atoms with E-state index in [2.05, 4.69) is 22.5 Å². The largest absolute Gasteiger partial charge is 0.483 e. The Balaban J connectivity index is 2.46. The van der Waals surface area contributed by atoms with Crippen molar-refractivity contribution in [3.8, 4) is 0 Å². The van der Waals surface area contributed by atoms with Crippen LogP contribution >= 0.6 is 15.9 Å². The van der Waals surface area contributed by atoms with E-state index in [1.165, 1.54) is 0 Å². The molecule has 0 aromatic carbocycles. The molecule has 1 rings (SSSR count). The number of ketones is 1. The Hall–Kier alpha value is -0.870. The second-order valence-corrected chi connectivity index (χ2v) is 4.99. The van der Waals surface area contributed by atoms with E-state index < -0.39 is 0 Å². The van der Waals surface area contributed by atoms with Crippen LogP contribution in [-0.2, 0) is 9.53 Å². The van der Waals surface area contributed by atoms with Gasteiger partial charge in [-0.2, -0.15) is 0 Å². The van der Waals surface area contributed by atoms with Crippen molar-refractivity contribution >= 4 is 21.7 Å². The fraction of sp³-hybridized carbons (Fsp3) is 0.462. The third-order valence-electron chi connectivity index (χ3n) is 2.56. The van der Waals surface area contributed by atoms with E-state index in [0.717, 1.165) is 17.4 Å². The summed E-state index contributed by atoms with van der Waals surface area (Å²) in [5.74, 6) is 0.644. The number of carbonyl (C=O) groups is 1. The van der Waals surface area contributed by atoms with E-state index in [9.17, 15) is 4.79 Å². The maximum Gasteiger partial charge on any atom is 0.187 e. The molecule has 0 N–H and O–H groups in total. The van der Waals surface area contributed by atoms with Crippen LogP contribution in [0, 0.1) is 0 Å². The lowest BCUT2D eigenvalue weighted by atomic mass is 10.1. The molecule has 0 bridgehead atoms. The molecular weight excluding hydrogens is 282 g/mol. The maximum absolute atomic E-state index is 11.7. The van der Waals surface area contributed by atoms with Crippen molar-refractivity contribution < 1.29 is 9.53 Å². The molecule has 1 aliphatic heterocycles. The van der Waals surface area contributed by atoms with E-state index in [1.807, 2.05) is 31.0 Å². The molecule has 94 valence electrons. The molecule has 1 aliphatic rings. The van der Waals surface area contributed by atoms with Gasteiger partial charge in [0.15, 0.2) is 11.9 Å². The number of nitrogens with zero attached hydrogens (tertiary/aromatic N) is 1. The second kappa shape index (κ2) is 6.77. The summed E-state index contributed by atoms with van der Waals surface area (Å²) in [6.07, 6.45) is 5.92. The van der Waals surface area contributed by atoms with Crippen molar-refractivity contribution in [2.75, 3.05) is 20.1 Å². The van der Waals surface area contributed by atoms with Gasteiger partial charge in [0.25, 0.3) is 0 Å². The number of likely N-dealkylation sites (tertiary alicyclic amines) is 1. The number of Topliss-reactive ketones (excluding diaryl/α,β-unsaturated/α-hetero) is 1. The van der Waals surface area contributed by atoms with Crippen LogP contribution in [0.15, 0.2) is 35.0 Å². The number of carbonyl (C=O) groups excluding carboxylic acids is 1. The minimum absolute atomic E-state index is 0.124. The van der Waals surface area contributed by atoms with Crippen LogP contribution in [0.2, 0.25) is 0 Å². The molecule has 4 heteroatoms. The minimum Gasteiger partial charge on any atom is -0.483 e. The van der Waals surface area contributed by atoms with Crippen LogP contribution in [0.1, 0.15) is 13.3 Å². The highest BCUT2D eigenvalue weighted by atomic mass is 79.9. The Bertz CT molecular complexity index is 360. The summed E-state index contributed by atoms with van der Waals surface area (Å²) in [6, 6.07) is 0. The first-order valence-electron chi connectivity index (χ1n) is 5.59. The fourth-order valence-corrected chi connectivity index (χ4v) is 1.69. The first-order chi connectivity index (χ1) is 8.02. The van der Waals surface area contributed by atoms with Crippen molar-refractivity contribution in [3.63, 3.8) is 0 Å². The first-order valence-corrected chi connectivity index (χ1v) is 6.39. The first kappa shape index (κ1) is 14.2. The normalized spacial score (nSPS) is 23.1. The summed E-state index contributed by atoms with van der Waals surface area (Å²) in [5.41, 5.74) is 0. The predicted octanol–water partition coefficient (Wildman–Crippen LogP) is 2.64. The van der Waals surface area contributed by atoms with Crippen LogP contribution in [0.3, 0.4) is 0 Å². The van der Waals surface area contributed by atoms with Crippen LogP contribution in [0.4, 0.5) is 0 Å². The van der Waals surface area contributed by atoms with Gasteiger partial charge in [-0.3, -0.25) is 9.69 Å². The number of likely N-dealkylation sites (N-methyl/N-ethyl adjacent to an activating group) is 1. The summed E-state index contributed by atoms with van der Waals surface area (Å²) in [7, 11) is 1.94. The number of allylic oxidation sites excluding steroid dienone is 4. The third kappa shape index (κ3) is 4.88. The molecule has 0 aromatic heterocycles. The highest BCUT2D eigenvalue weighted by Gasteiger charge is 2.26. The molecule has 0 saturated carbocycles. The summed E-state index contributed by atoms with van der Waals surface area (Å²) in [6.45, 7) is 7.05. The average molecular weight is 300 g/mol. The Kier molecular flexibility index (Phi) is 5.65. The smallest absolute Gasteiger partial charge is 0.187 e. The lowest BCUT2D eigenvalue weighted by Gasteiger charge is -2.28. The SMILES string of the molecule is C=C(/C=C\C(Br)=C/C)OC1CCN(C)CC1=O. The summed E-state index contributed by atoms with van der Waals surface area (Å²) in [5, 5.41) is 0. The molecule has 1 saturated heterocycles. The Morgan fingerprint density at radius 1 is 1.59 bits per heavy atom. The predicted molar refractivity (Wildman–Crippen MR) is 73.0 cm³/mol. The van der Waals surface area contributed by atoms with Gasteiger partial charge in [0.05, 0.1) is 6.54 Å². The third-order valence-corrected chi connectivity index (χ3v) is 3.28. The van der Waals surface area contributed by atoms with E-state index in [-0.39, 0.29) is 11.9 Å². The van der Waals surface area contributed by atoms with E-state index in [0.29, 0.717) is 12.3 Å². The maximum atomic E-state index is 11.7. The minimum atomic E-state index is -0.340. The Labute approximate surface area is 111 Å². The fourth-order valence-electron chi connectivity index (χ4n) is 1.56. The zero-order chi connectivity index (χ0) is 12.8. The van der Waals surface area contributed by atoms with Gasteiger partial charge in [0.1, 0.15) is 5.76 Å². The van der Waals surface area contributed by atoms with Crippen molar-refractivity contribution in [2.24, 2.45) is 0 Å². The molecule has 1 fully saturated rings. The van der Waals surface area contributed by atoms with Gasteiger partial charge in [-0.25, -0.2) is 0 Å². The van der Waals surface area contributed by atoms with E-state index >= 15 is 0 Å². The van der Waals surface area contributed by atoms with E-state index in [4.69, 9.17) is 4.74 Å². The molecule has 3 nitrogen and oxygen atoms in total. The standard InChI is InChI=1S/C13H18BrNO2/c1-4-11(14)6-5-10(2)17-13-7-8-15(3)9-12(13)16/h4-6,13H,2,7-9H2,1,3H3/b6-5-,11-4+. The number of rotatable bonds is 4. The molecular formula is C13H18BrNO2. The molecule has 0 aromatic rings. The zero-order valence-electron chi connectivity index (χ0n) is 10.3. The highest BCUT2D eigenvalue weighted by molar-refractivity contribution is 9.11. The molecule has 1 unspecified atom stereocenters. The second-order valence-electron chi connectivity index (χ2n) is 4.07. The summed E-state index contributed by atoms with van der Waals surface area (Å²) < 4.78 is 6.50. The number of ether oxygens (including phenoxy) is 1. The van der Waals surface area contributed by atoms with Crippen molar-refractivity contribution in [1.82, 2.24) is 4.90 Å². The number of halogens is 1. The van der Waals surface area contributed by atoms with Crippen molar-refractivity contribution in [3.05, 3.63) is 35.0 Å². The van der Waals surface area contributed by atoms with Gasteiger partial charge in [0, 0.05) is 17.4 Å². The quantitative estimate of drug-likeness (QED) is 0.590. The molecule has 1 atom stereocenters. The van der Waals surface area contributed by atoms with Gasteiger partial charge < -0.3 is 4.74 Å². The average Bonchev–Trinajstić information content (AvgIpc) is 2.29. The summed E-state index contributed by atoms with van der Waals surface area (Å²) in [4.78, 5) is 13.7. The van der Waals surface area contributed by atoms with Gasteiger partial charge >= 0.3 is 0 Å². The zero-order valence-corrected chi connectivity index (χ0v) is 11.9.